The lowest BCUT2D eigenvalue weighted by Gasteiger charge is -2.17. The van der Waals surface area contributed by atoms with Gasteiger partial charge >= 0.3 is 0 Å². The molecule has 0 aliphatic rings. The van der Waals surface area contributed by atoms with Crippen molar-refractivity contribution in [2.75, 3.05) is 10.0 Å². The van der Waals surface area contributed by atoms with Crippen LogP contribution in [-0.4, -0.2) is 24.3 Å². The lowest BCUT2D eigenvalue weighted by molar-refractivity contribution is -0.117. The average molecular weight is 362 g/mol. The van der Waals surface area contributed by atoms with Crippen molar-refractivity contribution in [3.8, 4) is 0 Å². The van der Waals surface area contributed by atoms with E-state index in [2.05, 4.69) is 20.0 Å². The van der Waals surface area contributed by atoms with Crippen molar-refractivity contribution in [1.29, 1.82) is 0 Å². The maximum atomic E-state index is 12.4. The molecule has 7 nitrogen and oxygen atoms in total. The zero-order valence-corrected chi connectivity index (χ0v) is 15.5. The van der Waals surface area contributed by atoms with Crippen molar-refractivity contribution in [2.24, 2.45) is 5.41 Å². The Morgan fingerprint density at radius 1 is 1.12 bits per heavy atom. The Hall–Kier alpha value is -2.48. The van der Waals surface area contributed by atoms with Crippen molar-refractivity contribution >= 4 is 27.6 Å². The maximum Gasteiger partial charge on any atom is 0.264 e. The van der Waals surface area contributed by atoms with E-state index >= 15 is 0 Å². The second kappa shape index (κ2) is 7.18. The maximum absolute atomic E-state index is 12.4. The second-order valence-corrected chi connectivity index (χ2v) is 8.62. The first-order valence-corrected chi connectivity index (χ1v) is 9.26. The highest BCUT2D eigenvalue weighted by Crippen LogP contribution is 2.21. The Morgan fingerprint density at radius 3 is 2.32 bits per heavy atom. The SMILES string of the molecule is Cc1ccnc(NS(=O)(=O)c2ccc(NC(=O)CC(C)(C)C)cc2)n1. The Labute approximate surface area is 148 Å². The number of amides is 1. The molecule has 0 atom stereocenters. The largest absolute Gasteiger partial charge is 0.326 e. The molecular formula is C17H22N4O3S. The first-order chi connectivity index (χ1) is 11.5. The number of anilines is 2. The summed E-state index contributed by atoms with van der Waals surface area (Å²) >= 11 is 0. The molecule has 1 heterocycles. The molecule has 0 saturated carbocycles. The van der Waals surface area contributed by atoms with Gasteiger partial charge < -0.3 is 5.32 Å². The molecule has 8 heteroatoms. The molecule has 0 unspecified atom stereocenters. The summed E-state index contributed by atoms with van der Waals surface area (Å²) in [5.74, 6) is -0.100. The van der Waals surface area contributed by atoms with Gasteiger partial charge in [-0.25, -0.2) is 23.1 Å². The summed E-state index contributed by atoms with van der Waals surface area (Å²) in [6, 6.07) is 7.61. The van der Waals surface area contributed by atoms with E-state index in [1.54, 1.807) is 25.1 Å². The number of carbonyl (C=O) groups excluding carboxylic acids is 1. The molecule has 2 aromatic rings. The van der Waals surface area contributed by atoms with Crippen LogP contribution in [0.3, 0.4) is 0 Å². The molecule has 134 valence electrons. The number of benzene rings is 1. The summed E-state index contributed by atoms with van der Waals surface area (Å²) in [6.07, 6.45) is 1.85. The van der Waals surface area contributed by atoms with E-state index in [-0.39, 0.29) is 22.2 Å². The molecule has 0 spiro atoms. The van der Waals surface area contributed by atoms with Gasteiger partial charge in [-0.15, -0.1) is 0 Å². The van der Waals surface area contributed by atoms with E-state index in [1.807, 2.05) is 20.8 Å². The molecule has 0 saturated heterocycles. The highest BCUT2D eigenvalue weighted by atomic mass is 32.2. The minimum atomic E-state index is -3.79. The van der Waals surface area contributed by atoms with Crippen LogP contribution in [0.5, 0.6) is 0 Å². The summed E-state index contributed by atoms with van der Waals surface area (Å²) in [5.41, 5.74) is 1.08. The Bertz CT molecular complexity index is 856. The monoisotopic (exact) mass is 362 g/mol. The van der Waals surface area contributed by atoms with Crippen LogP contribution in [0.1, 0.15) is 32.9 Å². The third kappa shape index (κ3) is 5.82. The number of nitrogens with one attached hydrogen (secondary N) is 2. The van der Waals surface area contributed by atoms with Gasteiger partial charge in [0, 0.05) is 24.0 Å². The third-order valence-corrected chi connectivity index (χ3v) is 4.50. The molecule has 0 aliphatic heterocycles. The van der Waals surface area contributed by atoms with E-state index in [1.165, 1.54) is 18.3 Å². The number of aromatic nitrogens is 2. The fraction of sp³-hybridized carbons (Fsp3) is 0.353. The quantitative estimate of drug-likeness (QED) is 0.851. The predicted octanol–water partition coefficient (Wildman–Crippen LogP) is 2.96. The van der Waals surface area contributed by atoms with Crippen LogP contribution >= 0.6 is 0 Å². The fourth-order valence-corrected chi connectivity index (χ4v) is 3.03. The zero-order chi connectivity index (χ0) is 18.7. The summed E-state index contributed by atoms with van der Waals surface area (Å²) in [4.78, 5) is 19.9. The van der Waals surface area contributed by atoms with Crippen molar-refractivity contribution in [1.82, 2.24) is 9.97 Å². The Balaban J connectivity index is 2.09. The van der Waals surface area contributed by atoms with Gasteiger partial charge in [0.1, 0.15) is 0 Å². The van der Waals surface area contributed by atoms with Gasteiger partial charge in [0.25, 0.3) is 10.0 Å². The molecule has 0 radical (unpaired) electrons. The van der Waals surface area contributed by atoms with Gasteiger partial charge in [-0.1, -0.05) is 20.8 Å². The summed E-state index contributed by atoms with van der Waals surface area (Å²) in [5, 5.41) is 2.76. The predicted molar refractivity (Wildman–Crippen MR) is 96.7 cm³/mol. The van der Waals surface area contributed by atoms with Crippen LogP contribution in [0.2, 0.25) is 0 Å². The van der Waals surface area contributed by atoms with Crippen molar-refractivity contribution < 1.29 is 13.2 Å². The normalized spacial score (nSPS) is 11.8. The minimum Gasteiger partial charge on any atom is -0.326 e. The third-order valence-electron chi connectivity index (χ3n) is 3.16. The number of rotatable bonds is 5. The number of hydrogen-bond donors (Lipinski definition) is 2. The van der Waals surface area contributed by atoms with Crippen molar-refractivity contribution in [2.45, 2.75) is 39.0 Å². The van der Waals surface area contributed by atoms with Gasteiger partial charge in [-0.2, -0.15) is 0 Å². The molecule has 1 aromatic carbocycles. The molecule has 0 aliphatic carbocycles. The number of carbonyl (C=O) groups is 1. The van der Waals surface area contributed by atoms with E-state index in [9.17, 15) is 13.2 Å². The zero-order valence-electron chi connectivity index (χ0n) is 14.7. The minimum absolute atomic E-state index is 0.0163. The number of sulfonamides is 1. The van der Waals surface area contributed by atoms with Crippen LogP contribution < -0.4 is 10.0 Å². The molecule has 2 N–H and O–H groups in total. The Kier molecular flexibility index (Phi) is 5.42. The Morgan fingerprint density at radius 2 is 1.76 bits per heavy atom. The molecular weight excluding hydrogens is 340 g/mol. The van der Waals surface area contributed by atoms with E-state index in [0.29, 0.717) is 17.8 Å². The van der Waals surface area contributed by atoms with Crippen LogP contribution in [0.25, 0.3) is 0 Å². The van der Waals surface area contributed by atoms with Crippen molar-refractivity contribution in [3.05, 3.63) is 42.2 Å². The molecule has 25 heavy (non-hydrogen) atoms. The molecule has 2 rings (SSSR count). The second-order valence-electron chi connectivity index (χ2n) is 6.94. The van der Waals surface area contributed by atoms with Gasteiger partial charge in [0.05, 0.1) is 4.90 Å². The van der Waals surface area contributed by atoms with Crippen molar-refractivity contribution in [3.63, 3.8) is 0 Å². The summed E-state index contributed by atoms with van der Waals surface area (Å²) < 4.78 is 27.0. The van der Waals surface area contributed by atoms with Gasteiger partial charge in [0.2, 0.25) is 11.9 Å². The first kappa shape index (κ1) is 18.9. The number of hydrogen-bond acceptors (Lipinski definition) is 5. The number of nitrogens with zero attached hydrogens (tertiary/aromatic N) is 2. The van der Waals surface area contributed by atoms with Crippen LogP contribution in [0, 0.1) is 12.3 Å². The van der Waals surface area contributed by atoms with Crippen LogP contribution in [-0.2, 0) is 14.8 Å². The highest BCUT2D eigenvalue weighted by Gasteiger charge is 2.18. The van der Waals surface area contributed by atoms with Gasteiger partial charge in [0.15, 0.2) is 0 Å². The molecule has 1 aromatic heterocycles. The standard InChI is InChI=1S/C17H22N4O3S/c1-12-9-10-18-16(19-12)21-25(23,24)14-7-5-13(6-8-14)20-15(22)11-17(2,3)4/h5-10H,11H2,1-4H3,(H,20,22)(H,18,19,21). The topological polar surface area (TPSA) is 101 Å². The highest BCUT2D eigenvalue weighted by molar-refractivity contribution is 7.92. The van der Waals surface area contributed by atoms with Crippen LogP contribution in [0.4, 0.5) is 11.6 Å². The first-order valence-electron chi connectivity index (χ1n) is 7.78. The van der Waals surface area contributed by atoms with E-state index in [0.717, 1.165) is 0 Å². The molecule has 0 bridgehead atoms. The fourth-order valence-electron chi connectivity index (χ4n) is 2.08. The smallest absolute Gasteiger partial charge is 0.264 e. The average Bonchev–Trinajstić information content (AvgIpc) is 2.45. The number of aryl methyl sites for hydroxylation is 1. The molecule has 1 amide bonds. The lowest BCUT2D eigenvalue weighted by atomic mass is 9.92. The molecule has 0 fully saturated rings. The van der Waals surface area contributed by atoms with E-state index < -0.39 is 10.0 Å². The summed E-state index contributed by atoms with van der Waals surface area (Å²) in [7, 11) is -3.79. The van der Waals surface area contributed by atoms with Gasteiger partial charge in [-0.3, -0.25) is 4.79 Å². The van der Waals surface area contributed by atoms with E-state index in [4.69, 9.17) is 0 Å². The van der Waals surface area contributed by atoms with Gasteiger partial charge in [-0.05, 0) is 42.7 Å². The summed E-state index contributed by atoms with van der Waals surface area (Å²) in [6.45, 7) is 7.67. The van der Waals surface area contributed by atoms with Crippen LogP contribution in [0.15, 0.2) is 41.4 Å². The lowest BCUT2D eigenvalue weighted by Crippen LogP contribution is -2.19.